The van der Waals surface area contributed by atoms with Crippen LogP contribution in [0.1, 0.15) is 47.0 Å². The van der Waals surface area contributed by atoms with Gasteiger partial charge in [0, 0.05) is 12.1 Å². The molecule has 3 N–H and O–H groups in total. The molecule has 1 aromatic heterocycles. The van der Waals surface area contributed by atoms with Gasteiger partial charge in [0.2, 0.25) is 11.7 Å². The zero-order valence-corrected chi connectivity index (χ0v) is 19.5. The smallest absolute Gasteiger partial charge is 0.370 e. The number of rotatable bonds is 5. The topological polar surface area (TPSA) is 92.0 Å². The predicted octanol–water partition coefficient (Wildman–Crippen LogP) is 6.01. The summed E-state index contributed by atoms with van der Waals surface area (Å²) in [5.74, 6) is 0.00633. The number of hydrogen-bond acceptors (Lipinski definition) is 4. The van der Waals surface area contributed by atoms with Crippen LogP contribution in [0.5, 0.6) is 0 Å². The van der Waals surface area contributed by atoms with Crippen LogP contribution >= 0.6 is 12.4 Å². The highest BCUT2D eigenvalue weighted by molar-refractivity contribution is 5.85. The maximum Gasteiger partial charge on any atom is 0.416 e. The predicted molar refractivity (Wildman–Crippen MR) is 121 cm³/mol. The maximum absolute atomic E-state index is 13.8. The van der Waals surface area contributed by atoms with Gasteiger partial charge < -0.3 is 15.2 Å². The highest BCUT2D eigenvalue weighted by Crippen LogP contribution is 2.36. The molecule has 0 unspecified atom stereocenters. The lowest BCUT2D eigenvalue weighted by atomic mass is 9.97. The summed E-state index contributed by atoms with van der Waals surface area (Å²) in [5, 5.41) is 11.5. The van der Waals surface area contributed by atoms with Crippen LogP contribution in [0.4, 0.5) is 26.3 Å². The number of aromatic nitrogens is 2. The number of nitrogens with zero attached hydrogens (tertiary/aromatic N) is 3. The number of nitrogens with one attached hydrogen (secondary N) is 1. The molecular weight excluding hydrogens is 512 g/mol. The molecule has 1 aliphatic rings. The number of hydrogen-bond donors (Lipinski definition) is 2. The minimum Gasteiger partial charge on any atom is -0.370 e. The quantitative estimate of drug-likeness (QED) is 0.238. The normalized spacial score (nSPS) is 16.2. The first-order valence-electron chi connectivity index (χ1n) is 10.7. The summed E-state index contributed by atoms with van der Waals surface area (Å²) in [4.78, 5) is 5.82. The van der Waals surface area contributed by atoms with E-state index in [0.717, 1.165) is 24.6 Å². The van der Waals surface area contributed by atoms with Crippen molar-refractivity contribution in [3.8, 4) is 11.4 Å². The fraction of sp³-hybridized carbons (Fsp3) is 0.348. The zero-order chi connectivity index (χ0) is 25.4. The molecule has 1 saturated heterocycles. The summed E-state index contributed by atoms with van der Waals surface area (Å²) >= 11 is 0. The van der Waals surface area contributed by atoms with Crippen LogP contribution in [0.3, 0.4) is 0 Å². The molecule has 36 heavy (non-hydrogen) atoms. The monoisotopic (exact) mass is 533 g/mol. The van der Waals surface area contributed by atoms with Crippen molar-refractivity contribution in [3.05, 3.63) is 70.6 Å². The molecule has 0 spiro atoms. The molecule has 0 aliphatic carbocycles. The number of aryl methyl sites for hydroxylation is 2. The summed E-state index contributed by atoms with van der Waals surface area (Å²) in [7, 11) is 0. The third kappa shape index (κ3) is 5.92. The molecule has 1 fully saturated rings. The average molecular weight is 534 g/mol. The first kappa shape index (κ1) is 27.3. The highest BCUT2D eigenvalue weighted by atomic mass is 35.5. The Bertz CT molecular complexity index is 1210. The third-order valence-corrected chi connectivity index (χ3v) is 5.93. The molecule has 6 nitrogen and oxygen atoms in total. The van der Waals surface area contributed by atoms with E-state index in [4.69, 9.17) is 15.7 Å². The molecule has 4 rings (SSSR count). The molecule has 1 aliphatic heterocycles. The molecule has 2 aromatic carbocycles. The first-order valence-corrected chi connectivity index (χ1v) is 10.7. The Morgan fingerprint density at radius 1 is 1.03 bits per heavy atom. The lowest BCUT2D eigenvalue weighted by molar-refractivity contribution is -0.138. The van der Waals surface area contributed by atoms with E-state index in [0.29, 0.717) is 18.5 Å². The lowest BCUT2D eigenvalue weighted by Crippen LogP contribution is -2.35. The van der Waals surface area contributed by atoms with Crippen LogP contribution in [0.25, 0.3) is 11.4 Å². The molecule has 13 heteroatoms. The van der Waals surface area contributed by atoms with Crippen molar-refractivity contribution >= 4 is 18.4 Å². The van der Waals surface area contributed by atoms with Crippen molar-refractivity contribution < 1.29 is 30.9 Å². The SMILES string of the molecule is Cl.N=C(N)N1CCC[C@H]1c1nc(-c2ccc(CCc3ccc(C(F)(F)F)cc3)c(C(F)(F)F)c2)no1. The van der Waals surface area contributed by atoms with Crippen LogP contribution in [-0.2, 0) is 25.2 Å². The lowest BCUT2D eigenvalue weighted by Gasteiger charge is -2.21. The third-order valence-electron chi connectivity index (χ3n) is 5.93. The van der Waals surface area contributed by atoms with Gasteiger partial charge in [-0.25, -0.2) is 0 Å². The number of benzene rings is 2. The molecule has 0 bridgehead atoms. The Morgan fingerprint density at radius 3 is 2.33 bits per heavy atom. The number of nitrogens with two attached hydrogens (primary N) is 1. The van der Waals surface area contributed by atoms with Crippen molar-refractivity contribution in [2.75, 3.05) is 6.54 Å². The van der Waals surface area contributed by atoms with Gasteiger partial charge in [0.05, 0.1) is 11.1 Å². The van der Waals surface area contributed by atoms with Crippen molar-refractivity contribution in [3.63, 3.8) is 0 Å². The van der Waals surface area contributed by atoms with E-state index >= 15 is 0 Å². The summed E-state index contributed by atoms with van der Waals surface area (Å²) in [5.41, 5.74) is 4.48. The van der Waals surface area contributed by atoms with Gasteiger partial charge in [-0.05, 0) is 55.0 Å². The zero-order valence-electron chi connectivity index (χ0n) is 18.7. The van der Waals surface area contributed by atoms with E-state index in [-0.39, 0.29) is 54.1 Å². The van der Waals surface area contributed by atoms with Crippen LogP contribution in [0, 0.1) is 5.41 Å². The minimum absolute atomic E-state index is 0. The van der Waals surface area contributed by atoms with Gasteiger partial charge in [0.25, 0.3) is 0 Å². The van der Waals surface area contributed by atoms with Crippen LogP contribution < -0.4 is 5.73 Å². The number of likely N-dealkylation sites (tertiary alicyclic amines) is 1. The second-order valence-electron chi connectivity index (χ2n) is 8.26. The summed E-state index contributed by atoms with van der Waals surface area (Å²) in [6.45, 7) is 0.545. The summed E-state index contributed by atoms with van der Waals surface area (Å²) in [6, 6.07) is 7.65. The summed E-state index contributed by atoms with van der Waals surface area (Å²) < 4.78 is 84.8. The Morgan fingerprint density at radius 2 is 1.72 bits per heavy atom. The second-order valence-corrected chi connectivity index (χ2v) is 8.26. The largest absolute Gasteiger partial charge is 0.416 e. The van der Waals surface area contributed by atoms with Crippen molar-refractivity contribution in [1.29, 1.82) is 5.41 Å². The second kappa shape index (κ2) is 10.4. The fourth-order valence-corrected chi connectivity index (χ4v) is 4.14. The van der Waals surface area contributed by atoms with Gasteiger partial charge in [-0.15, -0.1) is 12.4 Å². The number of halogens is 7. The molecule has 0 amide bonds. The van der Waals surface area contributed by atoms with Gasteiger partial charge in [-0.1, -0.05) is 29.4 Å². The molecule has 0 saturated carbocycles. The van der Waals surface area contributed by atoms with Gasteiger partial charge in [-0.2, -0.15) is 31.3 Å². The van der Waals surface area contributed by atoms with Crippen molar-refractivity contribution in [2.45, 2.75) is 44.1 Å². The Balaban J connectivity index is 0.00000361. The minimum atomic E-state index is -4.66. The van der Waals surface area contributed by atoms with E-state index in [1.165, 1.54) is 24.3 Å². The van der Waals surface area contributed by atoms with Crippen LogP contribution in [0.15, 0.2) is 47.0 Å². The van der Waals surface area contributed by atoms with Crippen LogP contribution in [0.2, 0.25) is 0 Å². The molecule has 194 valence electrons. The molecule has 2 heterocycles. The molecular formula is C23H22ClF6N5O. The van der Waals surface area contributed by atoms with Gasteiger partial charge >= 0.3 is 12.4 Å². The highest BCUT2D eigenvalue weighted by Gasteiger charge is 2.35. The van der Waals surface area contributed by atoms with E-state index in [2.05, 4.69) is 10.1 Å². The fourth-order valence-electron chi connectivity index (χ4n) is 4.14. The van der Waals surface area contributed by atoms with E-state index in [1.54, 1.807) is 4.90 Å². The van der Waals surface area contributed by atoms with Crippen LogP contribution in [-0.4, -0.2) is 27.5 Å². The van der Waals surface area contributed by atoms with E-state index in [9.17, 15) is 26.3 Å². The van der Waals surface area contributed by atoms with E-state index < -0.39 is 29.5 Å². The Hall–Kier alpha value is -3.28. The average Bonchev–Trinajstić information content (AvgIpc) is 3.46. The molecule has 1 atom stereocenters. The van der Waals surface area contributed by atoms with Gasteiger partial charge in [0.15, 0.2) is 5.96 Å². The number of guanidine groups is 1. The van der Waals surface area contributed by atoms with Crippen molar-refractivity contribution in [2.24, 2.45) is 5.73 Å². The van der Waals surface area contributed by atoms with E-state index in [1.807, 2.05) is 0 Å². The molecule has 3 aromatic rings. The van der Waals surface area contributed by atoms with Crippen molar-refractivity contribution in [1.82, 2.24) is 15.0 Å². The standard InChI is InChI=1S/C23H21F6N5O.ClH/c24-22(25,26)16-9-4-13(5-10-16)3-6-14-7-8-15(12-17(14)23(27,28)29)19-32-20(35-33-19)18-2-1-11-34(18)21(30)31;/h4-5,7-10,12,18H,1-3,6,11H2,(H3,30,31);1H/t18-;/m0./s1. The van der Waals surface area contributed by atoms with Gasteiger partial charge in [0.1, 0.15) is 6.04 Å². The first-order chi connectivity index (χ1) is 16.4. The molecule has 0 radical (unpaired) electrons. The Kier molecular flexibility index (Phi) is 7.87. The number of alkyl halides is 6. The maximum atomic E-state index is 13.8. The Labute approximate surface area is 208 Å². The van der Waals surface area contributed by atoms with Gasteiger partial charge in [-0.3, -0.25) is 5.41 Å². The summed E-state index contributed by atoms with van der Waals surface area (Å²) in [6.07, 6.45) is -7.64.